The summed E-state index contributed by atoms with van der Waals surface area (Å²) in [5.74, 6) is -0.244. The Balaban J connectivity index is 2.06. The first kappa shape index (κ1) is 14.0. The van der Waals surface area contributed by atoms with Crippen molar-refractivity contribution in [3.05, 3.63) is 34.9 Å². The summed E-state index contributed by atoms with van der Waals surface area (Å²) in [6.07, 6.45) is 0. The molecule has 0 spiro atoms. The number of benzene rings is 1. The lowest BCUT2D eigenvalue weighted by Gasteiger charge is -2.20. The maximum Gasteiger partial charge on any atom is 0.227 e. The van der Waals surface area contributed by atoms with Gasteiger partial charge in [-0.3, -0.25) is 4.79 Å². The quantitative estimate of drug-likeness (QED) is 0.866. The van der Waals surface area contributed by atoms with Crippen molar-refractivity contribution in [3.63, 3.8) is 0 Å². The number of nitrogens with two attached hydrogens (primary N) is 1. The maximum atomic E-state index is 12.2. The zero-order valence-corrected chi connectivity index (χ0v) is 11.8. The van der Waals surface area contributed by atoms with Crippen LogP contribution in [-0.2, 0) is 9.53 Å². The van der Waals surface area contributed by atoms with E-state index in [9.17, 15) is 4.79 Å². The van der Waals surface area contributed by atoms with E-state index in [-0.39, 0.29) is 23.9 Å². The minimum absolute atomic E-state index is 0.0137. The third-order valence-corrected chi connectivity index (χ3v) is 3.72. The predicted octanol–water partition coefficient (Wildman–Crippen LogP) is 1.45. The highest BCUT2D eigenvalue weighted by Gasteiger charge is 2.32. The molecular formula is C15H22N2O2. The van der Waals surface area contributed by atoms with E-state index in [1.165, 1.54) is 11.1 Å². The average Bonchev–Trinajstić information content (AvgIpc) is 2.78. The molecule has 3 atom stereocenters. The van der Waals surface area contributed by atoms with Crippen molar-refractivity contribution in [2.24, 2.45) is 11.7 Å². The number of hydrogen-bond donors (Lipinski definition) is 2. The normalized spacial score (nSPS) is 24.2. The molecule has 1 aliphatic heterocycles. The van der Waals surface area contributed by atoms with E-state index in [4.69, 9.17) is 10.5 Å². The van der Waals surface area contributed by atoms with Gasteiger partial charge in [0.2, 0.25) is 5.91 Å². The molecule has 104 valence electrons. The summed E-state index contributed by atoms with van der Waals surface area (Å²) in [5.41, 5.74) is 9.40. The van der Waals surface area contributed by atoms with Crippen LogP contribution in [0.25, 0.3) is 0 Å². The van der Waals surface area contributed by atoms with Crippen LogP contribution in [0.1, 0.15) is 29.7 Å². The first-order chi connectivity index (χ1) is 8.99. The van der Waals surface area contributed by atoms with E-state index in [2.05, 4.69) is 37.4 Å². The van der Waals surface area contributed by atoms with Gasteiger partial charge in [-0.25, -0.2) is 0 Å². The van der Waals surface area contributed by atoms with Gasteiger partial charge < -0.3 is 15.8 Å². The van der Waals surface area contributed by atoms with Crippen LogP contribution in [0.15, 0.2) is 18.2 Å². The number of carbonyl (C=O) groups is 1. The van der Waals surface area contributed by atoms with Crippen molar-refractivity contribution in [3.8, 4) is 0 Å². The van der Waals surface area contributed by atoms with Crippen LogP contribution in [0, 0.1) is 19.8 Å². The molecule has 1 aromatic carbocycles. The summed E-state index contributed by atoms with van der Waals surface area (Å²) in [6.45, 7) is 7.00. The third-order valence-electron chi connectivity index (χ3n) is 3.72. The molecule has 19 heavy (non-hydrogen) atoms. The summed E-state index contributed by atoms with van der Waals surface area (Å²) in [7, 11) is 0. The maximum absolute atomic E-state index is 12.2. The summed E-state index contributed by atoms with van der Waals surface area (Å²) < 4.78 is 5.23. The third kappa shape index (κ3) is 3.14. The van der Waals surface area contributed by atoms with E-state index in [0.717, 1.165) is 5.56 Å². The second-order valence-corrected chi connectivity index (χ2v) is 5.40. The van der Waals surface area contributed by atoms with Crippen molar-refractivity contribution >= 4 is 5.91 Å². The standard InChI is InChI=1S/C15H22N2O2/c1-9-4-5-10(2)12(6-9)11(3)17-15(18)13-7-19-8-14(13)16/h4-6,11,13-14H,7-8,16H2,1-3H3,(H,17,18). The fourth-order valence-corrected chi connectivity index (χ4v) is 2.47. The van der Waals surface area contributed by atoms with Crippen molar-refractivity contribution in [2.45, 2.75) is 32.9 Å². The Bertz CT molecular complexity index is 473. The molecule has 0 saturated carbocycles. The van der Waals surface area contributed by atoms with Crippen LogP contribution in [0.5, 0.6) is 0 Å². The summed E-state index contributed by atoms with van der Waals surface area (Å²) in [4.78, 5) is 12.2. The lowest BCUT2D eigenvalue weighted by atomic mass is 9.98. The summed E-state index contributed by atoms with van der Waals surface area (Å²) in [6, 6.07) is 6.07. The second-order valence-electron chi connectivity index (χ2n) is 5.40. The highest BCUT2D eigenvalue weighted by Crippen LogP contribution is 2.20. The summed E-state index contributed by atoms with van der Waals surface area (Å²) >= 11 is 0. The number of ether oxygens (including phenoxy) is 1. The molecule has 1 aromatic rings. The molecule has 1 saturated heterocycles. The van der Waals surface area contributed by atoms with Gasteiger partial charge in [0.15, 0.2) is 0 Å². The molecule has 4 heteroatoms. The van der Waals surface area contributed by atoms with Crippen LogP contribution in [-0.4, -0.2) is 25.2 Å². The lowest BCUT2D eigenvalue weighted by Crippen LogP contribution is -2.41. The highest BCUT2D eigenvalue weighted by molar-refractivity contribution is 5.80. The zero-order chi connectivity index (χ0) is 14.0. The van der Waals surface area contributed by atoms with E-state index in [1.807, 2.05) is 6.92 Å². The van der Waals surface area contributed by atoms with E-state index in [0.29, 0.717) is 13.2 Å². The molecule has 4 nitrogen and oxygen atoms in total. The minimum atomic E-state index is -0.229. The number of hydrogen-bond acceptors (Lipinski definition) is 3. The smallest absolute Gasteiger partial charge is 0.227 e. The Morgan fingerprint density at radius 3 is 2.79 bits per heavy atom. The number of carbonyl (C=O) groups excluding carboxylic acids is 1. The van der Waals surface area contributed by atoms with Gasteiger partial charge in [0.1, 0.15) is 0 Å². The van der Waals surface area contributed by atoms with Gasteiger partial charge in [0.05, 0.1) is 25.2 Å². The van der Waals surface area contributed by atoms with Gasteiger partial charge in [0.25, 0.3) is 0 Å². The van der Waals surface area contributed by atoms with Crippen LogP contribution < -0.4 is 11.1 Å². The molecule has 0 aromatic heterocycles. The van der Waals surface area contributed by atoms with Crippen LogP contribution in [0.2, 0.25) is 0 Å². The first-order valence-electron chi connectivity index (χ1n) is 6.70. The number of nitrogens with one attached hydrogen (secondary N) is 1. The highest BCUT2D eigenvalue weighted by atomic mass is 16.5. The topological polar surface area (TPSA) is 64.3 Å². The van der Waals surface area contributed by atoms with Gasteiger partial charge in [-0.1, -0.05) is 23.8 Å². The number of rotatable bonds is 3. The van der Waals surface area contributed by atoms with Gasteiger partial charge in [-0.2, -0.15) is 0 Å². The van der Waals surface area contributed by atoms with Crippen LogP contribution in [0.4, 0.5) is 0 Å². The SMILES string of the molecule is Cc1ccc(C)c(C(C)NC(=O)C2COCC2N)c1. The van der Waals surface area contributed by atoms with Gasteiger partial charge in [-0.05, 0) is 31.9 Å². The van der Waals surface area contributed by atoms with Gasteiger partial charge in [-0.15, -0.1) is 0 Å². The number of amides is 1. The Labute approximate surface area is 114 Å². The van der Waals surface area contributed by atoms with Gasteiger partial charge >= 0.3 is 0 Å². The van der Waals surface area contributed by atoms with Crippen molar-refractivity contribution in [1.82, 2.24) is 5.32 Å². The molecular weight excluding hydrogens is 240 g/mol. The Kier molecular flexibility index (Phi) is 4.22. The molecule has 1 fully saturated rings. The van der Waals surface area contributed by atoms with Crippen molar-refractivity contribution in [1.29, 1.82) is 0 Å². The average molecular weight is 262 g/mol. The minimum Gasteiger partial charge on any atom is -0.379 e. The Morgan fingerprint density at radius 2 is 2.16 bits per heavy atom. The zero-order valence-electron chi connectivity index (χ0n) is 11.8. The molecule has 1 aliphatic rings. The van der Waals surface area contributed by atoms with E-state index >= 15 is 0 Å². The summed E-state index contributed by atoms with van der Waals surface area (Å²) in [5, 5.41) is 3.04. The molecule has 2 rings (SSSR count). The van der Waals surface area contributed by atoms with Crippen LogP contribution >= 0.6 is 0 Å². The molecule has 1 heterocycles. The lowest BCUT2D eigenvalue weighted by molar-refractivity contribution is -0.125. The Hall–Kier alpha value is -1.39. The molecule has 3 unspecified atom stereocenters. The van der Waals surface area contributed by atoms with Crippen molar-refractivity contribution < 1.29 is 9.53 Å². The number of aryl methyl sites for hydroxylation is 2. The molecule has 0 bridgehead atoms. The molecule has 3 N–H and O–H groups in total. The first-order valence-corrected chi connectivity index (χ1v) is 6.70. The predicted molar refractivity (Wildman–Crippen MR) is 74.8 cm³/mol. The Morgan fingerprint density at radius 1 is 1.42 bits per heavy atom. The fourth-order valence-electron chi connectivity index (χ4n) is 2.47. The molecule has 0 radical (unpaired) electrons. The van der Waals surface area contributed by atoms with Gasteiger partial charge in [0, 0.05) is 6.04 Å². The second kappa shape index (κ2) is 5.72. The molecule has 1 amide bonds. The van der Waals surface area contributed by atoms with E-state index in [1.54, 1.807) is 0 Å². The monoisotopic (exact) mass is 262 g/mol. The van der Waals surface area contributed by atoms with Crippen LogP contribution in [0.3, 0.4) is 0 Å². The molecule has 0 aliphatic carbocycles. The largest absolute Gasteiger partial charge is 0.379 e. The van der Waals surface area contributed by atoms with E-state index < -0.39 is 0 Å². The fraction of sp³-hybridized carbons (Fsp3) is 0.533. The van der Waals surface area contributed by atoms with Crippen molar-refractivity contribution in [2.75, 3.05) is 13.2 Å².